The third kappa shape index (κ3) is 3.33. The second kappa shape index (κ2) is 5.87. The Hall–Kier alpha value is -1.29. The van der Waals surface area contributed by atoms with Crippen molar-refractivity contribution in [3.63, 3.8) is 0 Å². The summed E-state index contributed by atoms with van der Waals surface area (Å²) in [6.45, 7) is 1.76. The van der Waals surface area contributed by atoms with Crippen LogP contribution < -0.4 is 5.32 Å². The number of carbonyl (C=O) groups excluding carboxylic acids is 1. The first-order chi connectivity index (χ1) is 8.27. The minimum absolute atomic E-state index is 0.0416. The van der Waals surface area contributed by atoms with Crippen LogP contribution in [0.15, 0.2) is 18.5 Å². The van der Waals surface area contributed by atoms with E-state index in [0.29, 0.717) is 0 Å². The van der Waals surface area contributed by atoms with Gasteiger partial charge in [-0.3, -0.25) is 4.79 Å². The Labute approximate surface area is 102 Å². The number of nitrogens with zero attached hydrogens (tertiary/aromatic N) is 1. The van der Waals surface area contributed by atoms with Crippen molar-refractivity contribution >= 4 is 5.91 Å². The first-order valence-corrected chi connectivity index (χ1v) is 6.37. The van der Waals surface area contributed by atoms with Crippen LogP contribution in [0.5, 0.6) is 0 Å². The molecule has 1 fully saturated rings. The van der Waals surface area contributed by atoms with Crippen molar-refractivity contribution in [3.8, 4) is 0 Å². The molecule has 2 heterocycles. The maximum absolute atomic E-state index is 12.1. The monoisotopic (exact) mass is 235 g/mol. The molecule has 0 bridgehead atoms. The van der Waals surface area contributed by atoms with Gasteiger partial charge in [-0.05, 0) is 37.4 Å². The smallest absolute Gasteiger partial charge is 0.239 e. The Morgan fingerprint density at radius 3 is 3.06 bits per heavy atom. The van der Waals surface area contributed by atoms with Crippen molar-refractivity contribution in [2.45, 2.75) is 31.7 Å². The highest BCUT2D eigenvalue weighted by molar-refractivity contribution is 5.81. The Bertz CT molecular complexity index is 342. The maximum atomic E-state index is 12.1. The van der Waals surface area contributed by atoms with Gasteiger partial charge in [0.1, 0.15) is 0 Å². The number of likely N-dealkylation sites (N-methyl/N-ethyl adjacent to an activating group) is 1. The molecule has 1 saturated heterocycles. The molecule has 0 radical (unpaired) electrons. The van der Waals surface area contributed by atoms with Crippen molar-refractivity contribution in [2.24, 2.45) is 0 Å². The van der Waals surface area contributed by atoms with Gasteiger partial charge in [0.05, 0.1) is 6.04 Å². The molecule has 2 N–H and O–H groups in total. The quantitative estimate of drug-likeness (QED) is 0.822. The summed E-state index contributed by atoms with van der Waals surface area (Å²) in [5.74, 6) is 0.236. The van der Waals surface area contributed by atoms with Gasteiger partial charge in [-0.25, -0.2) is 0 Å². The van der Waals surface area contributed by atoms with E-state index in [9.17, 15) is 4.79 Å². The lowest BCUT2D eigenvalue weighted by atomic mass is 10.0. The summed E-state index contributed by atoms with van der Waals surface area (Å²) >= 11 is 0. The van der Waals surface area contributed by atoms with Crippen molar-refractivity contribution in [3.05, 3.63) is 24.0 Å². The van der Waals surface area contributed by atoms with Crippen LogP contribution in [0.3, 0.4) is 0 Å². The molecular formula is C13H21N3O. The molecule has 1 aromatic heterocycles. The number of carbonyl (C=O) groups is 1. The van der Waals surface area contributed by atoms with E-state index in [1.54, 1.807) is 0 Å². The van der Waals surface area contributed by atoms with Crippen LogP contribution in [0.1, 0.15) is 24.8 Å². The average molecular weight is 235 g/mol. The van der Waals surface area contributed by atoms with E-state index in [1.807, 2.05) is 24.3 Å². The van der Waals surface area contributed by atoms with Crippen molar-refractivity contribution in [1.29, 1.82) is 0 Å². The number of hydrogen-bond acceptors (Lipinski definition) is 2. The van der Waals surface area contributed by atoms with Crippen LogP contribution in [0.25, 0.3) is 0 Å². The zero-order valence-corrected chi connectivity index (χ0v) is 10.4. The molecule has 0 spiro atoms. The van der Waals surface area contributed by atoms with E-state index in [2.05, 4.69) is 16.4 Å². The molecule has 94 valence electrons. The van der Waals surface area contributed by atoms with Gasteiger partial charge in [0.2, 0.25) is 5.91 Å². The predicted octanol–water partition coefficient (Wildman–Crippen LogP) is 1.16. The summed E-state index contributed by atoms with van der Waals surface area (Å²) in [7, 11) is 1.89. The van der Waals surface area contributed by atoms with E-state index in [4.69, 9.17) is 0 Å². The zero-order valence-electron chi connectivity index (χ0n) is 10.4. The van der Waals surface area contributed by atoms with Gasteiger partial charge in [-0.1, -0.05) is 6.42 Å². The van der Waals surface area contributed by atoms with Gasteiger partial charge in [0, 0.05) is 26.0 Å². The summed E-state index contributed by atoms with van der Waals surface area (Å²) in [5.41, 5.74) is 1.25. The van der Waals surface area contributed by atoms with Crippen LogP contribution in [-0.2, 0) is 11.2 Å². The standard InChI is InChI=1S/C13H21N3O/c1-16(9-6-11-5-8-14-10-11)13(17)12-4-2-3-7-15-12/h5,8,10,12,14-15H,2-4,6-7,9H2,1H3. The van der Waals surface area contributed by atoms with E-state index < -0.39 is 0 Å². The van der Waals surface area contributed by atoms with E-state index >= 15 is 0 Å². The Morgan fingerprint density at radius 2 is 2.41 bits per heavy atom. The number of H-pyrrole nitrogens is 1. The van der Waals surface area contributed by atoms with Crippen molar-refractivity contribution in [1.82, 2.24) is 15.2 Å². The first-order valence-electron chi connectivity index (χ1n) is 6.37. The normalized spacial score (nSPS) is 20.2. The van der Waals surface area contributed by atoms with Gasteiger partial charge in [0.25, 0.3) is 0 Å². The number of piperidine rings is 1. The molecule has 0 saturated carbocycles. The fourth-order valence-electron chi connectivity index (χ4n) is 2.25. The highest BCUT2D eigenvalue weighted by Crippen LogP contribution is 2.09. The number of amides is 1. The molecule has 2 rings (SSSR count). The highest BCUT2D eigenvalue weighted by atomic mass is 16.2. The van der Waals surface area contributed by atoms with Crippen LogP contribution >= 0.6 is 0 Å². The lowest BCUT2D eigenvalue weighted by Gasteiger charge is -2.27. The lowest BCUT2D eigenvalue weighted by Crippen LogP contribution is -2.47. The SMILES string of the molecule is CN(CCc1cc[nH]c1)C(=O)C1CCCCN1. The summed E-state index contributed by atoms with van der Waals surface area (Å²) in [6.07, 6.45) is 8.15. The molecule has 0 aliphatic carbocycles. The lowest BCUT2D eigenvalue weighted by molar-refractivity contribution is -0.132. The van der Waals surface area contributed by atoms with E-state index in [-0.39, 0.29) is 11.9 Å². The van der Waals surface area contributed by atoms with Crippen LogP contribution in [0.4, 0.5) is 0 Å². The van der Waals surface area contributed by atoms with Crippen LogP contribution in [0.2, 0.25) is 0 Å². The highest BCUT2D eigenvalue weighted by Gasteiger charge is 2.23. The Kier molecular flexibility index (Phi) is 4.20. The second-order valence-electron chi connectivity index (χ2n) is 4.73. The summed E-state index contributed by atoms with van der Waals surface area (Å²) < 4.78 is 0. The molecule has 1 amide bonds. The van der Waals surface area contributed by atoms with Gasteiger partial charge in [-0.15, -0.1) is 0 Å². The predicted molar refractivity (Wildman–Crippen MR) is 67.8 cm³/mol. The second-order valence-corrected chi connectivity index (χ2v) is 4.73. The first kappa shape index (κ1) is 12.2. The van der Waals surface area contributed by atoms with E-state index in [0.717, 1.165) is 32.4 Å². The number of aromatic amines is 1. The molecule has 1 aliphatic rings. The molecule has 17 heavy (non-hydrogen) atoms. The molecule has 4 heteroatoms. The molecule has 1 unspecified atom stereocenters. The Balaban J connectivity index is 1.78. The minimum atomic E-state index is 0.0416. The van der Waals surface area contributed by atoms with Gasteiger partial charge >= 0.3 is 0 Å². The fraction of sp³-hybridized carbons (Fsp3) is 0.615. The number of rotatable bonds is 4. The topological polar surface area (TPSA) is 48.1 Å². The maximum Gasteiger partial charge on any atom is 0.239 e. The molecule has 4 nitrogen and oxygen atoms in total. The van der Waals surface area contributed by atoms with Gasteiger partial charge < -0.3 is 15.2 Å². The average Bonchev–Trinajstić information content (AvgIpc) is 2.89. The molecule has 1 atom stereocenters. The van der Waals surface area contributed by atoms with Gasteiger partial charge in [0.15, 0.2) is 0 Å². The molecule has 0 aromatic carbocycles. The summed E-state index contributed by atoms with van der Waals surface area (Å²) in [5, 5.41) is 3.30. The minimum Gasteiger partial charge on any atom is -0.367 e. The number of nitrogens with one attached hydrogen (secondary N) is 2. The largest absolute Gasteiger partial charge is 0.367 e. The summed E-state index contributed by atoms with van der Waals surface area (Å²) in [4.78, 5) is 17.0. The fourth-order valence-corrected chi connectivity index (χ4v) is 2.25. The number of hydrogen-bond donors (Lipinski definition) is 2. The molecule has 1 aromatic rings. The number of aromatic nitrogens is 1. The van der Waals surface area contributed by atoms with E-state index in [1.165, 1.54) is 12.0 Å². The van der Waals surface area contributed by atoms with Crippen LogP contribution in [-0.4, -0.2) is 42.0 Å². The third-order valence-electron chi connectivity index (χ3n) is 3.38. The third-order valence-corrected chi connectivity index (χ3v) is 3.38. The molecular weight excluding hydrogens is 214 g/mol. The van der Waals surface area contributed by atoms with Crippen molar-refractivity contribution in [2.75, 3.05) is 20.1 Å². The summed E-state index contributed by atoms with van der Waals surface area (Å²) in [6, 6.07) is 2.09. The zero-order chi connectivity index (χ0) is 12.1. The van der Waals surface area contributed by atoms with Crippen LogP contribution in [0, 0.1) is 0 Å². The van der Waals surface area contributed by atoms with Gasteiger partial charge in [-0.2, -0.15) is 0 Å². The molecule has 1 aliphatic heterocycles. The Morgan fingerprint density at radius 1 is 1.53 bits per heavy atom. The van der Waals surface area contributed by atoms with Crippen molar-refractivity contribution < 1.29 is 4.79 Å².